The van der Waals surface area contributed by atoms with Crippen molar-refractivity contribution in [3.63, 3.8) is 0 Å². The number of ether oxygens (including phenoxy) is 1. The standard InChI is InChI=1S/C20H18FN3O3S/c1-27-16-7-5-14(6-8-16)19(26)22-12-18(25)24-20-23-11-17(28-20)10-13-3-2-4-15(21)9-13/h2-9,11H,10,12H2,1H3,(H,22,26)(H,23,24,25). The number of carbonyl (C=O) groups excluding carboxylic acids is 2. The maximum atomic E-state index is 13.2. The molecule has 3 rings (SSSR count). The van der Waals surface area contributed by atoms with Gasteiger partial charge in [-0.1, -0.05) is 12.1 Å². The summed E-state index contributed by atoms with van der Waals surface area (Å²) in [7, 11) is 1.54. The molecule has 3 aromatic rings. The fraction of sp³-hybridized carbons (Fsp3) is 0.150. The fourth-order valence-electron chi connectivity index (χ4n) is 2.46. The molecule has 0 radical (unpaired) electrons. The largest absolute Gasteiger partial charge is 0.497 e. The number of benzene rings is 2. The Bertz CT molecular complexity index is 973. The summed E-state index contributed by atoms with van der Waals surface area (Å²) in [6, 6.07) is 12.9. The van der Waals surface area contributed by atoms with E-state index in [0.29, 0.717) is 22.9 Å². The molecular formula is C20H18FN3O3S. The fourth-order valence-corrected chi connectivity index (χ4v) is 3.33. The van der Waals surface area contributed by atoms with Crippen LogP contribution in [-0.2, 0) is 11.2 Å². The smallest absolute Gasteiger partial charge is 0.251 e. The second kappa shape index (κ2) is 9.09. The molecule has 0 spiro atoms. The van der Waals surface area contributed by atoms with Gasteiger partial charge in [0.05, 0.1) is 13.7 Å². The van der Waals surface area contributed by atoms with Crippen LogP contribution in [0.1, 0.15) is 20.8 Å². The van der Waals surface area contributed by atoms with E-state index in [0.717, 1.165) is 10.4 Å². The van der Waals surface area contributed by atoms with Crippen molar-refractivity contribution in [1.82, 2.24) is 10.3 Å². The summed E-state index contributed by atoms with van der Waals surface area (Å²) < 4.78 is 18.3. The lowest BCUT2D eigenvalue weighted by atomic mass is 10.1. The van der Waals surface area contributed by atoms with E-state index in [1.807, 2.05) is 6.07 Å². The molecule has 0 atom stereocenters. The van der Waals surface area contributed by atoms with E-state index in [-0.39, 0.29) is 24.2 Å². The van der Waals surface area contributed by atoms with Gasteiger partial charge in [-0.25, -0.2) is 9.37 Å². The Balaban J connectivity index is 1.49. The number of anilines is 1. The van der Waals surface area contributed by atoms with Gasteiger partial charge < -0.3 is 15.4 Å². The van der Waals surface area contributed by atoms with Crippen LogP contribution in [0.2, 0.25) is 0 Å². The summed E-state index contributed by atoms with van der Waals surface area (Å²) in [4.78, 5) is 29.1. The molecule has 1 aromatic heterocycles. The number of thiazole rings is 1. The van der Waals surface area contributed by atoms with E-state index in [1.165, 1.54) is 23.5 Å². The number of aromatic nitrogens is 1. The monoisotopic (exact) mass is 399 g/mol. The summed E-state index contributed by atoms with van der Waals surface area (Å²) in [6.07, 6.45) is 2.17. The molecule has 8 heteroatoms. The topological polar surface area (TPSA) is 80.3 Å². The maximum Gasteiger partial charge on any atom is 0.251 e. The summed E-state index contributed by atoms with van der Waals surface area (Å²) >= 11 is 1.30. The number of amides is 2. The van der Waals surface area contributed by atoms with Gasteiger partial charge in [0.25, 0.3) is 5.91 Å². The van der Waals surface area contributed by atoms with Gasteiger partial charge in [-0.2, -0.15) is 0 Å². The average molecular weight is 399 g/mol. The average Bonchev–Trinajstić information content (AvgIpc) is 3.12. The summed E-state index contributed by atoms with van der Waals surface area (Å²) in [6.45, 7) is -0.177. The summed E-state index contributed by atoms with van der Waals surface area (Å²) in [5.74, 6) is -0.382. The predicted octanol–water partition coefficient (Wildman–Crippen LogP) is 3.25. The second-order valence-electron chi connectivity index (χ2n) is 5.90. The van der Waals surface area contributed by atoms with Crippen LogP contribution in [0.3, 0.4) is 0 Å². The number of rotatable bonds is 7. The number of halogens is 1. The number of methoxy groups -OCH3 is 1. The molecule has 0 saturated carbocycles. The zero-order chi connectivity index (χ0) is 19.9. The van der Waals surface area contributed by atoms with Crippen LogP contribution in [0.5, 0.6) is 5.75 Å². The Hall–Kier alpha value is -3.26. The molecule has 0 saturated heterocycles. The maximum absolute atomic E-state index is 13.2. The third-order valence-corrected chi connectivity index (χ3v) is 4.74. The first kappa shape index (κ1) is 19.5. The third kappa shape index (κ3) is 5.37. The first-order valence-corrected chi connectivity index (χ1v) is 9.26. The first-order valence-electron chi connectivity index (χ1n) is 8.45. The lowest BCUT2D eigenvalue weighted by Crippen LogP contribution is -2.32. The minimum Gasteiger partial charge on any atom is -0.497 e. The normalized spacial score (nSPS) is 10.4. The molecule has 2 N–H and O–H groups in total. The molecule has 0 aliphatic heterocycles. The van der Waals surface area contributed by atoms with Crippen LogP contribution in [0.4, 0.5) is 9.52 Å². The lowest BCUT2D eigenvalue weighted by Gasteiger charge is -2.06. The summed E-state index contributed by atoms with van der Waals surface area (Å²) in [5.41, 5.74) is 1.26. The number of hydrogen-bond donors (Lipinski definition) is 2. The van der Waals surface area contributed by atoms with Crippen LogP contribution < -0.4 is 15.4 Å². The molecule has 2 aromatic carbocycles. The van der Waals surface area contributed by atoms with Crippen molar-refractivity contribution in [2.24, 2.45) is 0 Å². The van der Waals surface area contributed by atoms with Gasteiger partial charge in [-0.15, -0.1) is 11.3 Å². The highest BCUT2D eigenvalue weighted by Crippen LogP contribution is 2.21. The molecule has 0 aliphatic carbocycles. The SMILES string of the molecule is COc1ccc(C(=O)NCC(=O)Nc2ncc(Cc3cccc(F)c3)s2)cc1. The van der Waals surface area contributed by atoms with Crippen LogP contribution in [0.15, 0.2) is 54.7 Å². The number of nitrogens with one attached hydrogen (secondary N) is 2. The molecule has 6 nitrogen and oxygen atoms in total. The van der Waals surface area contributed by atoms with Crippen molar-refractivity contribution in [2.45, 2.75) is 6.42 Å². The van der Waals surface area contributed by atoms with Crippen molar-refractivity contribution < 1.29 is 18.7 Å². The van der Waals surface area contributed by atoms with Crippen LogP contribution in [0.25, 0.3) is 0 Å². The van der Waals surface area contributed by atoms with E-state index in [9.17, 15) is 14.0 Å². The van der Waals surface area contributed by atoms with Crippen LogP contribution >= 0.6 is 11.3 Å². The Labute approximate surface area is 165 Å². The predicted molar refractivity (Wildman–Crippen MR) is 105 cm³/mol. The molecule has 28 heavy (non-hydrogen) atoms. The number of carbonyl (C=O) groups is 2. The van der Waals surface area contributed by atoms with Gasteiger partial charge in [-0.05, 0) is 42.0 Å². The molecular weight excluding hydrogens is 381 g/mol. The summed E-state index contributed by atoms with van der Waals surface area (Å²) in [5, 5.41) is 5.62. The van der Waals surface area contributed by atoms with Crippen molar-refractivity contribution in [2.75, 3.05) is 19.0 Å². The quantitative estimate of drug-likeness (QED) is 0.639. The molecule has 0 unspecified atom stereocenters. The zero-order valence-electron chi connectivity index (χ0n) is 15.1. The lowest BCUT2D eigenvalue weighted by molar-refractivity contribution is -0.115. The molecule has 0 fully saturated rings. The first-order chi connectivity index (χ1) is 13.5. The number of hydrogen-bond acceptors (Lipinski definition) is 5. The van der Waals surface area contributed by atoms with Crippen LogP contribution in [-0.4, -0.2) is 30.5 Å². The minimum atomic E-state index is -0.381. The van der Waals surface area contributed by atoms with E-state index in [2.05, 4.69) is 15.6 Å². The van der Waals surface area contributed by atoms with Crippen LogP contribution in [0, 0.1) is 5.82 Å². The highest BCUT2D eigenvalue weighted by atomic mass is 32.1. The van der Waals surface area contributed by atoms with Gasteiger partial charge in [-0.3, -0.25) is 9.59 Å². The third-order valence-electron chi connectivity index (χ3n) is 3.83. The highest BCUT2D eigenvalue weighted by molar-refractivity contribution is 7.15. The van der Waals surface area contributed by atoms with Crippen molar-refractivity contribution >= 4 is 28.3 Å². The van der Waals surface area contributed by atoms with E-state index >= 15 is 0 Å². The van der Waals surface area contributed by atoms with Crippen molar-refractivity contribution in [1.29, 1.82) is 0 Å². The minimum absolute atomic E-state index is 0.177. The van der Waals surface area contributed by atoms with E-state index < -0.39 is 0 Å². The van der Waals surface area contributed by atoms with Gasteiger partial charge in [0.1, 0.15) is 11.6 Å². The second-order valence-corrected chi connectivity index (χ2v) is 7.01. The molecule has 2 amide bonds. The Morgan fingerprint density at radius 1 is 1.18 bits per heavy atom. The Morgan fingerprint density at radius 2 is 1.96 bits per heavy atom. The van der Waals surface area contributed by atoms with E-state index in [4.69, 9.17) is 4.74 Å². The van der Waals surface area contributed by atoms with Gasteiger partial charge >= 0.3 is 0 Å². The Morgan fingerprint density at radius 3 is 2.68 bits per heavy atom. The zero-order valence-corrected chi connectivity index (χ0v) is 15.9. The van der Waals surface area contributed by atoms with Gasteiger partial charge in [0, 0.05) is 23.1 Å². The Kier molecular flexibility index (Phi) is 6.33. The number of nitrogens with zero attached hydrogens (tertiary/aromatic N) is 1. The highest BCUT2D eigenvalue weighted by Gasteiger charge is 2.11. The van der Waals surface area contributed by atoms with E-state index in [1.54, 1.807) is 43.6 Å². The molecule has 144 valence electrons. The van der Waals surface area contributed by atoms with Gasteiger partial charge in [0.2, 0.25) is 5.91 Å². The van der Waals surface area contributed by atoms with Crippen molar-refractivity contribution in [3.05, 3.63) is 76.5 Å². The molecule has 0 aliphatic rings. The molecule has 1 heterocycles. The molecule has 0 bridgehead atoms. The van der Waals surface area contributed by atoms with Gasteiger partial charge in [0.15, 0.2) is 5.13 Å². The van der Waals surface area contributed by atoms with Crippen molar-refractivity contribution in [3.8, 4) is 5.75 Å².